The first kappa shape index (κ1) is 23.0. The minimum absolute atomic E-state index is 0.0353. The molecule has 3 aromatic carbocycles. The van der Waals surface area contributed by atoms with Crippen molar-refractivity contribution in [3.05, 3.63) is 65.2 Å². The van der Waals surface area contributed by atoms with Crippen LogP contribution in [0, 0.1) is 0 Å². The number of rotatable bonds is 8. The fourth-order valence-corrected chi connectivity index (χ4v) is 4.21. The number of anilines is 2. The van der Waals surface area contributed by atoms with E-state index in [0.29, 0.717) is 55.0 Å². The van der Waals surface area contributed by atoms with E-state index in [4.69, 9.17) is 25.6 Å². The summed E-state index contributed by atoms with van der Waals surface area (Å²) in [4.78, 5) is 10.9. The molecule has 0 aliphatic carbocycles. The third-order valence-electron chi connectivity index (χ3n) is 5.65. The molecule has 1 aromatic heterocycles. The van der Waals surface area contributed by atoms with Crippen LogP contribution < -0.4 is 25.4 Å². The monoisotopic (exact) mass is 492 g/mol. The van der Waals surface area contributed by atoms with E-state index >= 15 is 0 Å². The Hall–Kier alpha value is -3.75. The van der Waals surface area contributed by atoms with Crippen molar-refractivity contribution in [2.75, 3.05) is 31.6 Å². The molecule has 0 saturated heterocycles. The van der Waals surface area contributed by atoms with Gasteiger partial charge in [-0.1, -0.05) is 41.0 Å². The van der Waals surface area contributed by atoms with Gasteiger partial charge >= 0.3 is 0 Å². The Kier molecular flexibility index (Phi) is 6.74. The number of benzene rings is 3. The van der Waals surface area contributed by atoms with Crippen LogP contribution in [-0.2, 0) is 11.3 Å². The summed E-state index contributed by atoms with van der Waals surface area (Å²) in [6.07, 6.45) is 0. The van der Waals surface area contributed by atoms with Crippen molar-refractivity contribution in [1.82, 2.24) is 15.8 Å². The molecule has 0 saturated carbocycles. The standard InChI is InChI=1S/C26H25ClN4O4/c1-16(32)29-10-9-28-15-17-5-7-20-23(13-17)35-31-26(20)30-21-4-2-3-19(25(21)27)18-6-8-22-24(14-18)34-12-11-33-22/h2-8,13-14,28H,9-12,15H2,1H3,(H,29,32)(H,30,31). The molecular weight excluding hydrogens is 468 g/mol. The minimum Gasteiger partial charge on any atom is -0.486 e. The zero-order chi connectivity index (χ0) is 24.2. The highest BCUT2D eigenvalue weighted by Crippen LogP contribution is 2.40. The molecule has 0 fully saturated rings. The SMILES string of the molecule is CC(=O)NCCNCc1ccc2c(Nc3cccc(-c4ccc5c(c4)OCCO5)c3Cl)noc2c1. The number of amides is 1. The van der Waals surface area contributed by atoms with Crippen LogP contribution in [0.2, 0.25) is 5.02 Å². The summed E-state index contributed by atoms with van der Waals surface area (Å²) < 4.78 is 16.9. The number of fused-ring (bicyclic) bond motifs is 2. The molecule has 1 amide bonds. The van der Waals surface area contributed by atoms with E-state index in [1.807, 2.05) is 54.6 Å². The Balaban J connectivity index is 1.32. The first-order valence-corrected chi connectivity index (χ1v) is 11.8. The van der Waals surface area contributed by atoms with Gasteiger partial charge in [-0.2, -0.15) is 0 Å². The molecule has 180 valence electrons. The molecule has 35 heavy (non-hydrogen) atoms. The van der Waals surface area contributed by atoms with Crippen molar-refractivity contribution in [1.29, 1.82) is 0 Å². The molecule has 2 heterocycles. The number of nitrogens with one attached hydrogen (secondary N) is 3. The molecule has 3 N–H and O–H groups in total. The first-order valence-electron chi connectivity index (χ1n) is 11.4. The van der Waals surface area contributed by atoms with Gasteiger partial charge in [0.2, 0.25) is 5.91 Å². The van der Waals surface area contributed by atoms with E-state index in [1.165, 1.54) is 6.92 Å². The minimum atomic E-state index is -0.0353. The fourth-order valence-electron chi connectivity index (χ4n) is 3.93. The van der Waals surface area contributed by atoms with Crippen LogP contribution in [-0.4, -0.2) is 37.4 Å². The summed E-state index contributed by atoms with van der Waals surface area (Å²) in [6.45, 7) is 4.50. The summed E-state index contributed by atoms with van der Waals surface area (Å²) in [5, 5.41) is 15.0. The maximum absolute atomic E-state index is 10.9. The zero-order valence-corrected chi connectivity index (χ0v) is 19.9. The largest absolute Gasteiger partial charge is 0.486 e. The topological polar surface area (TPSA) is 97.7 Å². The van der Waals surface area contributed by atoms with Crippen molar-refractivity contribution in [2.45, 2.75) is 13.5 Å². The average molecular weight is 493 g/mol. The van der Waals surface area contributed by atoms with Gasteiger partial charge in [0.05, 0.1) is 16.1 Å². The number of ether oxygens (including phenoxy) is 2. The van der Waals surface area contributed by atoms with Gasteiger partial charge in [-0.3, -0.25) is 4.79 Å². The number of nitrogens with zero attached hydrogens (tertiary/aromatic N) is 1. The van der Waals surface area contributed by atoms with E-state index < -0.39 is 0 Å². The molecule has 0 bridgehead atoms. The molecule has 0 spiro atoms. The maximum Gasteiger partial charge on any atom is 0.216 e. The van der Waals surface area contributed by atoms with Gasteiger partial charge in [-0.25, -0.2) is 0 Å². The molecule has 9 heteroatoms. The van der Waals surface area contributed by atoms with Gasteiger partial charge in [0.25, 0.3) is 0 Å². The molecule has 4 aromatic rings. The number of carbonyl (C=O) groups excluding carboxylic acids is 1. The van der Waals surface area contributed by atoms with Gasteiger partial charge in [0, 0.05) is 32.1 Å². The summed E-state index contributed by atoms with van der Waals surface area (Å²) in [5.74, 6) is 2.01. The van der Waals surface area contributed by atoms with Crippen LogP contribution in [0.25, 0.3) is 22.1 Å². The Labute approximate surface area is 207 Å². The lowest BCUT2D eigenvalue weighted by Gasteiger charge is -2.19. The van der Waals surface area contributed by atoms with E-state index in [0.717, 1.165) is 33.5 Å². The molecule has 5 rings (SSSR count). The highest BCUT2D eigenvalue weighted by Gasteiger charge is 2.16. The molecule has 0 radical (unpaired) electrons. The van der Waals surface area contributed by atoms with Crippen molar-refractivity contribution in [3.8, 4) is 22.6 Å². The second kappa shape index (κ2) is 10.2. The smallest absolute Gasteiger partial charge is 0.216 e. The second-order valence-electron chi connectivity index (χ2n) is 8.17. The van der Waals surface area contributed by atoms with Gasteiger partial charge < -0.3 is 29.9 Å². The van der Waals surface area contributed by atoms with Crippen LogP contribution >= 0.6 is 11.6 Å². The Morgan fingerprint density at radius 1 is 1.03 bits per heavy atom. The van der Waals surface area contributed by atoms with E-state index in [1.54, 1.807) is 0 Å². The summed E-state index contributed by atoms with van der Waals surface area (Å²) in [6, 6.07) is 17.5. The molecule has 1 aliphatic heterocycles. The van der Waals surface area contributed by atoms with Crippen LogP contribution in [0.15, 0.2) is 59.1 Å². The molecular formula is C26H25ClN4O4. The molecule has 0 unspecified atom stereocenters. The number of halogens is 1. The van der Waals surface area contributed by atoms with Gasteiger partial charge in [-0.05, 0) is 41.5 Å². The Morgan fingerprint density at radius 2 is 1.89 bits per heavy atom. The third kappa shape index (κ3) is 5.18. The predicted octanol–water partition coefficient (Wildman–Crippen LogP) is 4.89. The fraction of sp³-hybridized carbons (Fsp3) is 0.231. The van der Waals surface area contributed by atoms with Crippen molar-refractivity contribution in [2.24, 2.45) is 0 Å². The highest BCUT2D eigenvalue weighted by atomic mass is 35.5. The first-order chi connectivity index (χ1) is 17.1. The van der Waals surface area contributed by atoms with Crippen LogP contribution in [0.1, 0.15) is 12.5 Å². The molecule has 1 aliphatic rings. The summed E-state index contributed by atoms with van der Waals surface area (Å²) in [5.41, 5.74) is 4.25. The number of hydrogen-bond acceptors (Lipinski definition) is 7. The number of aromatic nitrogens is 1. The van der Waals surface area contributed by atoms with Gasteiger partial charge in [-0.15, -0.1) is 0 Å². The number of carbonyl (C=O) groups is 1. The molecule has 0 atom stereocenters. The highest BCUT2D eigenvalue weighted by molar-refractivity contribution is 6.36. The third-order valence-corrected chi connectivity index (χ3v) is 6.05. The molecule has 8 nitrogen and oxygen atoms in total. The van der Waals surface area contributed by atoms with E-state index in [9.17, 15) is 4.79 Å². The summed E-state index contributed by atoms with van der Waals surface area (Å²) in [7, 11) is 0. The van der Waals surface area contributed by atoms with Crippen molar-refractivity contribution >= 4 is 40.0 Å². The van der Waals surface area contributed by atoms with Crippen LogP contribution in [0.5, 0.6) is 11.5 Å². The van der Waals surface area contributed by atoms with Crippen molar-refractivity contribution < 1.29 is 18.8 Å². The van der Waals surface area contributed by atoms with Gasteiger partial charge in [0.15, 0.2) is 22.9 Å². The second-order valence-corrected chi connectivity index (χ2v) is 8.55. The predicted molar refractivity (Wildman–Crippen MR) is 136 cm³/mol. The Morgan fingerprint density at radius 3 is 2.74 bits per heavy atom. The lowest BCUT2D eigenvalue weighted by molar-refractivity contribution is -0.118. The lowest BCUT2D eigenvalue weighted by Crippen LogP contribution is -2.29. The maximum atomic E-state index is 10.9. The Bertz CT molecular complexity index is 1370. The average Bonchev–Trinajstić information content (AvgIpc) is 3.26. The van der Waals surface area contributed by atoms with E-state index in [-0.39, 0.29) is 5.91 Å². The lowest BCUT2D eigenvalue weighted by atomic mass is 10.0. The zero-order valence-electron chi connectivity index (χ0n) is 19.2. The number of hydrogen-bond donors (Lipinski definition) is 3. The quantitative estimate of drug-likeness (QED) is 0.301. The van der Waals surface area contributed by atoms with E-state index in [2.05, 4.69) is 21.1 Å². The normalized spacial score (nSPS) is 12.5. The van der Waals surface area contributed by atoms with Crippen LogP contribution in [0.4, 0.5) is 11.5 Å². The van der Waals surface area contributed by atoms with Crippen LogP contribution in [0.3, 0.4) is 0 Å². The van der Waals surface area contributed by atoms with Crippen molar-refractivity contribution in [3.63, 3.8) is 0 Å². The van der Waals surface area contributed by atoms with Gasteiger partial charge in [0.1, 0.15) is 13.2 Å². The summed E-state index contributed by atoms with van der Waals surface area (Å²) >= 11 is 6.79.